The summed E-state index contributed by atoms with van der Waals surface area (Å²) < 4.78 is 1.67. The van der Waals surface area contributed by atoms with Crippen LogP contribution in [0.5, 0.6) is 0 Å². The van der Waals surface area contributed by atoms with E-state index in [-0.39, 0.29) is 11.7 Å². The molecule has 0 amide bonds. The number of carbonyl (C=O) groups is 1. The second-order valence-electron chi connectivity index (χ2n) is 4.06. The van der Waals surface area contributed by atoms with Crippen LogP contribution < -0.4 is 5.69 Å². The van der Waals surface area contributed by atoms with Crippen LogP contribution >= 0.6 is 11.8 Å². The summed E-state index contributed by atoms with van der Waals surface area (Å²) >= 11 is 1.32. The molecule has 7 heteroatoms. The zero-order valence-electron chi connectivity index (χ0n) is 9.37. The van der Waals surface area contributed by atoms with Gasteiger partial charge in [0.15, 0.2) is 11.4 Å². The van der Waals surface area contributed by atoms with E-state index in [4.69, 9.17) is 0 Å². The SMILES string of the molecule is O=Cc1ccc(Sc2n[nH]c(=O)n2C2CC2)nc1. The van der Waals surface area contributed by atoms with E-state index in [1.807, 2.05) is 0 Å². The third kappa shape index (κ3) is 2.08. The van der Waals surface area contributed by atoms with Gasteiger partial charge in [0.25, 0.3) is 0 Å². The lowest BCUT2D eigenvalue weighted by Crippen LogP contribution is -2.16. The van der Waals surface area contributed by atoms with Crippen molar-refractivity contribution in [1.29, 1.82) is 0 Å². The molecule has 2 aromatic rings. The average molecular weight is 262 g/mol. The molecular formula is C11H10N4O2S. The van der Waals surface area contributed by atoms with Crippen LogP contribution in [0.1, 0.15) is 29.2 Å². The first-order valence-electron chi connectivity index (χ1n) is 5.54. The van der Waals surface area contributed by atoms with Gasteiger partial charge in [0.05, 0.1) is 0 Å². The van der Waals surface area contributed by atoms with Crippen LogP contribution in [-0.4, -0.2) is 26.0 Å². The molecule has 1 saturated carbocycles. The minimum atomic E-state index is -0.176. The monoisotopic (exact) mass is 262 g/mol. The summed E-state index contributed by atoms with van der Waals surface area (Å²) in [7, 11) is 0. The molecule has 0 spiro atoms. The zero-order chi connectivity index (χ0) is 12.5. The number of hydrogen-bond donors (Lipinski definition) is 1. The van der Waals surface area contributed by atoms with Gasteiger partial charge in [-0.3, -0.25) is 9.36 Å². The minimum Gasteiger partial charge on any atom is -0.298 e. The molecular weight excluding hydrogens is 252 g/mol. The van der Waals surface area contributed by atoms with Crippen molar-refractivity contribution in [2.45, 2.75) is 29.1 Å². The average Bonchev–Trinajstić information content (AvgIpc) is 3.16. The molecule has 0 atom stereocenters. The van der Waals surface area contributed by atoms with Crippen molar-refractivity contribution in [3.63, 3.8) is 0 Å². The van der Waals surface area contributed by atoms with Crippen LogP contribution in [0, 0.1) is 0 Å². The second-order valence-corrected chi connectivity index (χ2v) is 5.05. The lowest BCUT2D eigenvalue weighted by atomic mass is 10.3. The Bertz CT molecular complexity index is 627. The summed E-state index contributed by atoms with van der Waals surface area (Å²) in [5.41, 5.74) is 0.352. The van der Waals surface area contributed by atoms with Gasteiger partial charge in [-0.05, 0) is 36.7 Å². The van der Waals surface area contributed by atoms with Crippen LogP contribution in [-0.2, 0) is 0 Å². The fraction of sp³-hybridized carbons (Fsp3) is 0.273. The van der Waals surface area contributed by atoms with Gasteiger partial charge < -0.3 is 0 Å². The normalized spacial score (nSPS) is 14.7. The Morgan fingerprint density at radius 3 is 2.89 bits per heavy atom. The van der Waals surface area contributed by atoms with Crippen LogP contribution in [0.3, 0.4) is 0 Å². The van der Waals surface area contributed by atoms with Gasteiger partial charge in [-0.25, -0.2) is 14.9 Å². The summed E-state index contributed by atoms with van der Waals surface area (Å²) in [4.78, 5) is 26.2. The van der Waals surface area contributed by atoms with Crippen molar-refractivity contribution < 1.29 is 4.79 Å². The van der Waals surface area contributed by atoms with Gasteiger partial charge >= 0.3 is 5.69 Å². The molecule has 0 radical (unpaired) electrons. The Morgan fingerprint density at radius 1 is 1.44 bits per heavy atom. The Hall–Kier alpha value is -1.89. The lowest BCUT2D eigenvalue weighted by Gasteiger charge is -2.02. The van der Waals surface area contributed by atoms with Gasteiger partial charge in [0, 0.05) is 17.8 Å². The molecule has 0 aliphatic heterocycles. The molecule has 92 valence electrons. The molecule has 2 aromatic heterocycles. The molecule has 6 nitrogen and oxygen atoms in total. The number of H-pyrrole nitrogens is 1. The van der Waals surface area contributed by atoms with Gasteiger partial charge in [-0.1, -0.05) is 0 Å². The highest BCUT2D eigenvalue weighted by molar-refractivity contribution is 7.99. The first kappa shape index (κ1) is 11.2. The van der Waals surface area contributed by atoms with Crippen LogP contribution in [0.4, 0.5) is 0 Å². The molecule has 0 bridgehead atoms. The molecule has 18 heavy (non-hydrogen) atoms. The number of nitrogens with one attached hydrogen (secondary N) is 1. The molecule has 0 saturated heterocycles. The summed E-state index contributed by atoms with van der Waals surface area (Å²) in [6.07, 6.45) is 4.28. The molecule has 1 aliphatic rings. The van der Waals surface area contributed by atoms with E-state index >= 15 is 0 Å². The van der Waals surface area contributed by atoms with Crippen LogP contribution in [0.15, 0.2) is 33.3 Å². The number of aromatic amines is 1. The quantitative estimate of drug-likeness (QED) is 0.839. The fourth-order valence-electron chi connectivity index (χ4n) is 1.63. The highest BCUT2D eigenvalue weighted by Crippen LogP contribution is 2.37. The van der Waals surface area contributed by atoms with Crippen LogP contribution in [0.25, 0.3) is 0 Å². The standard InChI is InChI=1S/C11H10N4O2S/c16-6-7-1-4-9(12-5-7)18-11-14-13-10(17)15(11)8-2-3-8/h1,4-6,8H,2-3H2,(H,13,17). The van der Waals surface area contributed by atoms with E-state index < -0.39 is 0 Å². The number of aromatic nitrogens is 4. The van der Waals surface area contributed by atoms with Crippen molar-refractivity contribution in [2.24, 2.45) is 0 Å². The van der Waals surface area contributed by atoms with Crippen molar-refractivity contribution in [3.8, 4) is 0 Å². The predicted octanol–water partition coefficient (Wildman–Crippen LogP) is 1.26. The first-order chi connectivity index (χ1) is 8.78. The Labute approximate surface area is 106 Å². The number of pyridine rings is 1. The van der Waals surface area contributed by atoms with E-state index in [0.29, 0.717) is 15.7 Å². The third-order valence-electron chi connectivity index (χ3n) is 2.68. The van der Waals surface area contributed by atoms with Crippen LogP contribution in [0.2, 0.25) is 0 Å². The van der Waals surface area contributed by atoms with Crippen molar-refractivity contribution in [1.82, 2.24) is 19.7 Å². The highest BCUT2D eigenvalue weighted by atomic mass is 32.2. The summed E-state index contributed by atoms with van der Waals surface area (Å²) in [5, 5.41) is 7.78. The number of carbonyl (C=O) groups excluding carboxylic acids is 1. The van der Waals surface area contributed by atoms with E-state index in [1.54, 1.807) is 16.7 Å². The smallest absolute Gasteiger partial charge is 0.298 e. The molecule has 0 unspecified atom stereocenters. The largest absolute Gasteiger partial charge is 0.344 e. The lowest BCUT2D eigenvalue weighted by molar-refractivity contribution is 0.112. The van der Waals surface area contributed by atoms with E-state index in [0.717, 1.165) is 19.1 Å². The Balaban J connectivity index is 1.87. The molecule has 0 aromatic carbocycles. The van der Waals surface area contributed by atoms with E-state index in [2.05, 4.69) is 15.2 Å². The maximum Gasteiger partial charge on any atom is 0.344 e. The van der Waals surface area contributed by atoms with Gasteiger partial charge in [0.1, 0.15) is 5.03 Å². The second kappa shape index (κ2) is 4.41. The number of nitrogens with zero attached hydrogens (tertiary/aromatic N) is 3. The highest BCUT2D eigenvalue weighted by Gasteiger charge is 2.28. The Kier molecular flexibility index (Phi) is 2.75. The number of aldehydes is 1. The van der Waals surface area contributed by atoms with Gasteiger partial charge in [-0.15, -0.1) is 5.10 Å². The van der Waals surface area contributed by atoms with Crippen molar-refractivity contribution >= 4 is 18.0 Å². The van der Waals surface area contributed by atoms with Gasteiger partial charge in [-0.2, -0.15) is 0 Å². The maximum atomic E-state index is 11.6. The predicted molar refractivity (Wildman–Crippen MR) is 64.9 cm³/mol. The molecule has 3 rings (SSSR count). The summed E-state index contributed by atoms with van der Waals surface area (Å²) in [5.74, 6) is 0. The maximum absolute atomic E-state index is 11.6. The molecule has 1 aliphatic carbocycles. The summed E-state index contributed by atoms with van der Waals surface area (Å²) in [6.45, 7) is 0. The van der Waals surface area contributed by atoms with Crippen molar-refractivity contribution in [3.05, 3.63) is 34.4 Å². The fourth-order valence-corrected chi connectivity index (χ4v) is 2.48. The van der Waals surface area contributed by atoms with E-state index in [1.165, 1.54) is 18.0 Å². The number of hydrogen-bond acceptors (Lipinski definition) is 5. The Morgan fingerprint density at radius 2 is 2.28 bits per heavy atom. The molecule has 2 heterocycles. The number of rotatable bonds is 4. The summed E-state index contributed by atoms with van der Waals surface area (Å²) in [6, 6.07) is 3.70. The van der Waals surface area contributed by atoms with Gasteiger partial charge in [0.2, 0.25) is 0 Å². The third-order valence-corrected chi connectivity index (χ3v) is 3.60. The van der Waals surface area contributed by atoms with Crippen molar-refractivity contribution in [2.75, 3.05) is 0 Å². The van der Waals surface area contributed by atoms with E-state index in [9.17, 15) is 9.59 Å². The minimum absolute atomic E-state index is 0.176. The molecule has 1 N–H and O–H groups in total. The molecule has 1 fully saturated rings. The topological polar surface area (TPSA) is 80.6 Å². The first-order valence-corrected chi connectivity index (χ1v) is 6.35. The zero-order valence-corrected chi connectivity index (χ0v) is 10.2.